The fourth-order valence-electron chi connectivity index (χ4n) is 3.37. The Kier molecular flexibility index (Phi) is 6.96. The van der Waals surface area contributed by atoms with Crippen LogP contribution in [0.15, 0.2) is 78.9 Å². The van der Waals surface area contributed by atoms with Gasteiger partial charge in [0.2, 0.25) is 5.91 Å². The Morgan fingerprint density at radius 3 is 2.11 bits per heavy atom. The second-order valence-electron chi connectivity index (χ2n) is 7.73. The number of hydrogen-bond donors (Lipinski definition) is 2. The van der Waals surface area contributed by atoms with Gasteiger partial charge in [-0.15, -0.1) is 0 Å². The monoisotopic (exact) mass is 471 g/mol. The van der Waals surface area contributed by atoms with Crippen LogP contribution in [-0.4, -0.2) is 47.6 Å². The van der Waals surface area contributed by atoms with Crippen molar-refractivity contribution < 1.29 is 28.7 Å². The number of esters is 1. The number of nitrogens with zero attached hydrogens (tertiary/aromatic N) is 1. The lowest BCUT2D eigenvalue weighted by Crippen LogP contribution is -2.30. The molecule has 0 unspecified atom stereocenters. The number of carbonyl (C=O) groups excluding carboxylic acids is 5. The highest BCUT2D eigenvalue weighted by molar-refractivity contribution is 6.05. The summed E-state index contributed by atoms with van der Waals surface area (Å²) in [6.07, 6.45) is 0. The van der Waals surface area contributed by atoms with Gasteiger partial charge in [0.1, 0.15) is 0 Å². The summed E-state index contributed by atoms with van der Waals surface area (Å²) in [6.45, 7) is -0.374. The Hall–Kier alpha value is -4.79. The minimum absolute atomic E-state index is 0.0255. The molecule has 35 heavy (non-hydrogen) atoms. The second kappa shape index (κ2) is 10.4. The fraction of sp³-hybridized carbons (Fsp3) is 0.115. The lowest BCUT2D eigenvalue weighted by atomic mass is 10.1. The van der Waals surface area contributed by atoms with E-state index < -0.39 is 24.4 Å². The van der Waals surface area contributed by atoms with E-state index in [2.05, 4.69) is 10.6 Å². The quantitative estimate of drug-likeness (QED) is 0.296. The van der Waals surface area contributed by atoms with Crippen LogP contribution in [0.4, 0.5) is 10.5 Å². The standard InChI is InChI=1S/C26H21N3O6/c30-22(18-10-12-21(13-11-18)28-24(32)19-4-2-1-3-5-19)16-35-25(33)20-8-6-17(7-9-20)15-29-23(31)14-27-26(29)34/h1-13H,14-16H2,(H,27,34)(H,28,32). The van der Waals surface area contributed by atoms with E-state index in [1.807, 2.05) is 6.07 Å². The summed E-state index contributed by atoms with van der Waals surface area (Å²) in [5.74, 6) is -1.65. The summed E-state index contributed by atoms with van der Waals surface area (Å²) in [6, 6.07) is 20.8. The first-order chi connectivity index (χ1) is 16.9. The molecular formula is C26H21N3O6. The molecule has 0 radical (unpaired) electrons. The summed E-state index contributed by atoms with van der Waals surface area (Å²) in [4.78, 5) is 61.3. The number of ketones is 1. The molecule has 0 aromatic heterocycles. The lowest BCUT2D eigenvalue weighted by molar-refractivity contribution is -0.125. The van der Waals surface area contributed by atoms with Crippen LogP contribution in [0.25, 0.3) is 0 Å². The maximum Gasteiger partial charge on any atom is 0.338 e. The van der Waals surface area contributed by atoms with Gasteiger partial charge in [0.25, 0.3) is 5.91 Å². The van der Waals surface area contributed by atoms with E-state index >= 15 is 0 Å². The van der Waals surface area contributed by atoms with E-state index in [0.29, 0.717) is 22.4 Å². The van der Waals surface area contributed by atoms with E-state index in [-0.39, 0.29) is 30.5 Å². The highest BCUT2D eigenvalue weighted by Crippen LogP contribution is 2.14. The molecule has 0 spiro atoms. The lowest BCUT2D eigenvalue weighted by Gasteiger charge is -2.12. The largest absolute Gasteiger partial charge is 0.454 e. The van der Waals surface area contributed by atoms with Gasteiger partial charge in [-0.1, -0.05) is 30.3 Å². The number of nitrogens with one attached hydrogen (secondary N) is 2. The Morgan fingerprint density at radius 2 is 1.49 bits per heavy atom. The summed E-state index contributed by atoms with van der Waals surface area (Å²) >= 11 is 0. The van der Waals surface area contributed by atoms with Crippen molar-refractivity contribution in [2.45, 2.75) is 6.54 Å². The van der Waals surface area contributed by atoms with Crippen molar-refractivity contribution in [2.75, 3.05) is 18.5 Å². The van der Waals surface area contributed by atoms with E-state index in [1.54, 1.807) is 60.7 Å². The van der Waals surface area contributed by atoms with E-state index in [9.17, 15) is 24.0 Å². The molecule has 0 saturated carbocycles. The third kappa shape index (κ3) is 5.77. The summed E-state index contributed by atoms with van der Waals surface area (Å²) in [7, 11) is 0. The first kappa shape index (κ1) is 23.4. The Bertz CT molecular complexity index is 1250. The van der Waals surface area contributed by atoms with Crippen LogP contribution < -0.4 is 10.6 Å². The molecule has 3 aromatic carbocycles. The number of amides is 4. The normalized spacial score (nSPS) is 12.7. The zero-order valence-electron chi connectivity index (χ0n) is 18.5. The summed E-state index contributed by atoms with van der Waals surface area (Å²) in [5.41, 5.74) is 2.28. The van der Waals surface area contributed by atoms with Crippen molar-refractivity contribution in [2.24, 2.45) is 0 Å². The maximum atomic E-state index is 12.4. The highest BCUT2D eigenvalue weighted by atomic mass is 16.5. The number of carbonyl (C=O) groups is 5. The second-order valence-corrected chi connectivity index (χ2v) is 7.73. The fourth-order valence-corrected chi connectivity index (χ4v) is 3.37. The number of imide groups is 1. The van der Waals surface area contributed by atoms with Gasteiger partial charge >= 0.3 is 12.0 Å². The molecule has 3 aromatic rings. The number of ether oxygens (including phenoxy) is 1. The van der Waals surface area contributed by atoms with Crippen molar-refractivity contribution in [3.05, 3.63) is 101 Å². The van der Waals surface area contributed by atoms with Gasteiger partial charge in [-0.25, -0.2) is 9.59 Å². The van der Waals surface area contributed by atoms with E-state index in [4.69, 9.17) is 4.74 Å². The molecule has 2 N–H and O–H groups in total. The van der Waals surface area contributed by atoms with Gasteiger partial charge in [-0.05, 0) is 54.1 Å². The van der Waals surface area contributed by atoms with Crippen molar-refractivity contribution >= 4 is 35.3 Å². The molecule has 1 fully saturated rings. The van der Waals surface area contributed by atoms with Gasteiger partial charge in [0.15, 0.2) is 12.4 Å². The predicted molar refractivity (Wildman–Crippen MR) is 126 cm³/mol. The highest BCUT2D eigenvalue weighted by Gasteiger charge is 2.28. The first-order valence-corrected chi connectivity index (χ1v) is 10.7. The smallest absolute Gasteiger partial charge is 0.338 e. The SMILES string of the molecule is O=C(COC(=O)c1ccc(CN2C(=O)CNC2=O)cc1)c1ccc(NC(=O)c2ccccc2)cc1. The molecule has 0 aliphatic carbocycles. The van der Waals surface area contributed by atoms with Crippen molar-refractivity contribution in [1.82, 2.24) is 10.2 Å². The average molecular weight is 471 g/mol. The Labute approximate surface area is 200 Å². The zero-order valence-corrected chi connectivity index (χ0v) is 18.5. The minimum Gasteiger partial charge on any atom is -0.454 e. The number of rotatable bonds is 8. The molecular weight excluding hydrogens is 450 g/mol. The molecule has 4 amide bonds. The number of anilines is 1. The van der Waals surface area contributed by atoms with Crippen LogP contribution in [0, 0.1) is 0 Å². The molecule has 0 atom stereocenters. The third-order valence-electron chi connectivity index (χ3n) is 5.30. The molecule has 9 nitrogen and oxygen atoms in total. The number of benzene rings is 3. The van der Waals surface area contributed by atoms with Crippen LogP contribution in [-0.2, 0) is 16.1 Å². The van der Waals surface area contributed by atoms with Gasteiger partial charge in [-0.3, -0.25) is 19.3 Å². The van der Waals surface area contributed by atoms with Crippen LogP contribution in [0.3, 0.4) is 0 Å². The van der Waals surface area contributed by atoms with Crippen LogP contribution >= 0.6 is 0 Å². The molecule has 9 heteroatoms. The van der Waals surface area contributed by atoms with E-state index in [1.165, 1.54) is 12.1 Å². The number of Topliss-reactive ketones (excluding diaryl/α,β-unsaturated/α-hetero) is 1. The molecule has 1 saturated heterocycles. The number of urea groups is 1. The minimum atomic E-state index is -0.674. The van der Waals surface area contributed by atoms with Crippen LogP contribution in [0.2, 0.25) is 0 Å². The van der Waals surface area contributed by atoms with E-state index in [0.717, 1.165) is 4.90 Å². The molecule has 1 aliphatic heterocycles. The first-order valence-electron chi connectivity index (χ1n) is 10.7. The molecule has 4 rings (SSSR count). The van der Waals surface area contributed by atoms with Gasteiger partial charge in [0, 0.05) is 16.8 Å². The predicted octanol–water partition coefficient (Wildman–Crippen LogP) is 3.03. The summed E-state index contributed by atoms with van der Waals surface area (Å²) in [5, 5.41) is 5.19. The third-order valence-corrected chi connectivity index (χ3v) is 5.30. The van der Waals surface area contributed by atoms with Crippen LogP contribution in [0.5, 0.6) is 0 Å². The van der Waals surface area contributed by atoms with Crippen molar-refractivity contribution in [3.63, 3.8) is 0 Å². The van der Waals surface area contributed by atoms with Gasteiger partial charge < -0.3 is 15.4 Å². The summed E-state index contributed by atoms with van der Waals surface area (Å²) < 4.78 is 5.12. The van der Waals surface area contributed by atoms with Crippen molar-refractivity contribution in [3.8, 4) is 0 Å². The average Bonchev–Trinajstić information content (AvgIpc) is 3.20. The van der Waals surface area contributed by atoms with Gasteiger partial charge in [0.05, 0.1) is 18.7 Å². The Morgan fingerprint density at radius 1 is 0.829 bits per heavy atom. The molecule has 1 heterocycles. The van der Waals surface area contributed by atoms with Crippen LogP contribution in [0.1, 0.15) is 36.6 Å². The molecule has 0 bridgehead atoms. The Balaban J connectivity index is 1.28. The molecule has 176 valence electrons. The number of hydrogen-bond acceptors (Lipinski definition) is 6. The van der Waals surface area contributed by atoms with Crippen molar-refractivity contribution in [1.29, 1.82) is 0 Å². The molecule has 1 aliphatic rings. The zero-order chi connectivity index (χ0) is 24.8. The van der Waals surface area contributed by atoms with Gasteiger partial charge in [-0.2, -0.15) is 0 Å². The maximum absolute atomic E-state index is 12.4. The topological polar surface area (TPSA) is 122 Å².